The summed E-state index contributed by atoms with van der Waals surface area (Å²) in [6, 6.07) is 16.3. The van der Waals surface area contributed by atoms with Gasteiger partial charge in [0.2, 0.25) is 5.88 Å². The first-order valence-electron chi connectivity index (χ1n) is 10.1. The fraction of sp³-hybridized carbons (Fsp3) is 0.280. The van der Waals surface area contributed by atoms with Crippen molar-refractivity contribution >= 4 is 31.9 Å². The normalized spacial score (nSPS) is 14.8. The van der Waals surface area contributed by atoms with Crippen molar-refractivity contribution in [3.8, 4) is 28.8 Å². The van der Waals surface area contributed by atoms with Gasteiger partial charge in [-0.15, -0.1) is 0 Å². The SMILES string of the molecule is CCOc1nc2c(c(C#N)c1C(C)(C)C)-c1cc(Br)ccc1O[C@@H]2c1ccccc1Br. The lowest BCUT2D eigenvalue weighted by Crippen LogP contribution is -2.23. The van der Waals surface area contributed by atoms with E-state index in [2.05, 4.69) is 58.7 Å². The third-order valence-corrected chi connectivity index (χ3v) is 6.44. The monoisotopic (exact) mass is 540 g/mol. The van der Waals surface area contributed by atoms with Crippen LogP contribution >= 0.6 is 31.9 Å². The molecule has 1 atom stereocenters. The fourth-order valence-corrected chi connectivity index (χ4v) is 4.83. The predicted molar refractivity (Wildman–Crippen MR) is 129 cm³/mol. The Morgan fingerprint density at radius 2 is 1.90 bits per heavy atom. The molecular formula is C25H22Br2N2O2. The van der Waals surface area contributed by atoms with Gasteiger partial charge < -0.3 is 9.47 Å². The molecule has 0 fully saturated rings. The number of aromatic nitrogens is 1. The maximum absolute atomic E-state index is 10.3. The molecule has 1 aliphatic heterocycles. The molecule has 2 heterocycles. The van der Waals surface area contributed by atoms with E-state index in [1.54, 1.807) is 0 Å². The summed E-state index contributed by atoms with van der Waals surface area (Å²) in [6.07, 6.45) is -0.473. The van der Waals surface area contributed by atoms with E-state index in [9.17, 15) is 5.26 Å². The summed E-state index contributed by atoms with van der Waals surface area (Å²) in [4.78, 5) is 4.97. The number of ether oxygens (including phenoxy) is 2. The Bertz CT molecular complexity index is 1210. The Kier molecular flexibility index (Phi) is 5.85. The molecule has 4 rings (SSSR count). The lowest BCUT2D eigenvalue weighted by Gasteiger charge is -2.33. The number of hydrogen-bond acceptors (Lipinski definition) is 4. The first-order valence-corrected chi connectivity index (χ1v) is 11.7. The van der Waals surface area contributed by atoms with Gasteiger partial charge in [-0.1, -0.05) is 70.8 Å². The third-order valence-electron chi connectivity index (χ3n) is 5.23. The highest BCUT2D eigenvalue weighted by Gasteiger charge is 2.37. The van der Waals surface area contributed by atoms with Gasteiger partial charge >= 0.3 is 0 Å². The topological polar surface area (TPSA) is 55.1 Å². The molecule has 3 aromatic rings. The zero-order valence-corrected chi connectivity index (χ0v) is 21.0. The van der Waals surface area contributed by atoms with Gasteiger partial charge in [0.1, 0.15) is 11.8 Å². The van der Waals surface area contributed by atoms with Gasteiger partial charge in [-0.05, 0) is 36.6 Å². The number of halogens is 2. The van der Waals surface area contributed by atoms with Crippen LogP contribution in [0.1, 0.15) is 56.2 Å². The summed E-state index contributed by atoms with van der Waals surface area (Å²) < 4.78 is 14.3. The molecule has 0 bridgehead atoms. The predicted octanol–water partition coefficient (Wildman–Crippen LogP) is 7.32. The van der Waals surface area contributed by atoms with Crippen molar-refractivity contribution in [1.29, 1.82) is 5.26 Å². The van der Waals surface area contributed by atoms with Crippen LogP contribution in [0.4, 0.5) is 0 Å². The molecule has 0 amide bonds. The molecular weight excluding hydrogens is 520 g/mol. The molecule has 2 aromatic carbocycles. The second kappa shape index (κ2) is 8.29. The first kappa shape index (κ1) is 21.9. The van der Waals surface area contributed by atoms with Crippen LogP contribution in [0.2, 0.25) is 0 Å². The van der Waals surface area contributed by atoms with E-state index >= 15 is 0 Å². The number of benzene rings is 2. The lowest BCUT2D eigenvalue weighted by atomic mass is 9.80. The van der Waals surface area contributed by atoms with Crippen LogP contribution in [-0.2, 0) is 5.41 Å². The van der Waals surface area contributed by atoms with Crippen molar-refractivity contribution in [3.63, 3.8) is 0 Å². The van der Waals surface area contributed by atoms with Gasteiger partial charge in [0.15, 0.2) is 6.10 Å². The standard InChI is InChI=1S/C25H22Br2N2O2/c1-5-30-24-21(25(2,3)4)17(13-28)20-16-12-14(26)10-11-19(16)31-23(22(20)29-24)15-8-6-7-9-18(15)27/h6-12,23H,5H2,1-4H3/t23-/m1/s1. The van der Waals surface area contributed by atoms with E-state index in [-0.39, 0.29) is 5.41 Å². The highest BCUT2D eigenvalue weighted by atomic mass is 79.9. The number of rotatable bonds is 3. The van der Waals surface area contributed by atoms with Crippen LogP contribution in [0.25, 0.3) is 11.1 Å². The highest BCUT2D eigenvalue weighted by Crippen LogP contribution is 2.50. The highest BCUT2D eigenvalue weighted by molar-refractivity contribution is 9.10. The second-order valence-corrected chi connectivity index (χ2v) is 10.2. The van der Waals surface area contributed by atoms with E-state index in [1.807, 2.05) is 49.4 Å². The minimum atomic E-state index is -0.473. The smallest absolute Gasteiger partial charge is 0.218 e. The van der Waals surface area contributed by atoms with Gasteiger partial charge in [-0.3, -0.25) is 0 Å². The molecule has 0 radical (unpaired) electrons. The van der Waals surface area contributed by atoms with E-state index in [0.29, 0.717) is 23.7 Å². The van der Waals surface area contributed by atoms with Gasteiger partial charge in [-0.25, -0.2) is 4.98 Å². The van der Waals surface area contributed by atoms with Crippen LogP contribution in [0.3, 0.4) is 0 Å². The van der Waals surface area contributed by atoms with Gasteiger partial charge in [0.05, 0.1) is 17.9 Å². The quantitative estimate of drug-likeness (QED) is 0.348. The lowest BCUT2D eigenvalue weighted by molar-refractivity contribution is 0.233. The van der Waals surface area contributed by atoms with Crippen LogP contribution < -0.4 is 9.47 Å². The number of hydrogen-bond donors (Lipinski definition) is 0. The Labute approximate surface area is 199 Å². The summed E-state index contributed by atoms with van der Waals surface area (Å²) >= 11 is 7.22. The van der Waals surface area contributed by atoms with Crippen molar-refractivity contribution in [2.24, 2.45) is 0 Å². The van der Waals surface area contributed by atoms with E-state index in [1.165, 1.54) is 0 Å². The molecule has 4 nitrogen and oxygen atoms in total. The second-order valence-electron chi connectivity index (χ2n) is 8.38. The Morgan fingerprint density at radius 3 is 2.55 bits per heavy atom. The van der Waals surface area contributed by atoms with E-state index in [0.717, 1.165) is 36.9 Å². The molecule has 1 aliphatic rings. The van der Waals surface area contributed by atoms with Crippen molar-refractivity contribution in [2.75, 3.05) is 6.61 Å². The molecule has 1 aromatic heterocycles. The maximum atomic E-state index is 10.3. The van der Waals surface area contributed by atoms with Gasteiger partial charge in [0, 0.05) is 31.2 Å². The van der Waals surface area contributed by atoms with Crippen LogP contribution in [0.15, 0.2) is 51.4 Å². The molecule has 31 heavy (non-hydrogen) atoms. The third kappa shape index (κ3) is 3.86. The minimum Gasteiger partial charge on any atom is -0.479 e. The molecule has 158 valence electrons. The van der Waals surface area contributed by atoms with E-state index in [4.69, 9.17) is 14.5 Å². The van der Waals surface area contributed by atoms with Crippen molar-refractivity contribution in [1.82, 2.24) is 4.98 Å². The minimum absolute atomic E-state index is 0.328. The molecule has 0 spiro atoms. The number of pyridine rings is 1. The zero-order chi connectivity index (χ0) is 22.3. The summed E-state index contributed by atoms with van der Waals surface area (Å²) in [5.41, 5.74) is 4.36. The maximum Gasteiger partial charge on any atom is 0.218 e. The summed E-state index contributed by atoms with van der Waals surface area (Å²) in [7, 11) is 0. The molecule has 0 N–H and O–H groups in total. The largest absolute Gasteiger partial charge is 0.479 e. The van der Waals surface area contributed by atoms with Crippen molar-refractivity contribution in [3.05, 3.63) is 73.8 Å². The van der Waals surface area contributed by atoms with Crippen LogP contribution in [-0.4, -0.2) is 11.6 Å². The average molecular weight is 542 g/mol. The van der Waals surface area contributed by atoms with Crippen molar-refractivity contribution in [2.45, 2.75) is 39.2 Å². The average Bonchev–Trinajstić information content (AvgIpc) is 2.72. The molecule has 0 unspecified atom stereocenters. The summed E-state index contributed by atoms with van der Waals surface area (Å²) in [6.45, 7) is 8.61. The Morgan fingerprint density at radius 1 is 1.16 bits per heavy atom. The zero-order valence-electron chi connectivity index (χ0n) is 17.8. The fourth-order valence-electron chi connectivity index (χ4n) is 3.97. The van der Waals surface area contributed by atoms with Gasteiger partial charge in [0.25, 0.3) is 0 Å². The molecule has 0 saturated carbocycles. The Hall–Kier alpha value is -2.36. The molecule has 0 aliphatic carbocycles. The van der Waals surface area contributed by atoms with Gasteiger partial charge in [-0.2, -0.15) is 5.26 Å². The van der Waals surface area contributed by atoms with Crippen LogP contribution in [0.5, 0.6) is 11.6 Å². The Balaban J connectivity index is 2.13. The number of fused-ring (bicyclic) bond motifs is 3. The van der Waals surface area contributed by atoms with E-state index < -0.39 is 6.10 Å². The van der Waals surface area contributed by atoms with Crippen molar-refractivity contribution < 1.29 is 9.47 Å². The van der Waals surface area contributed by atoms with Crippen LogP contribution in [0, 0.1) is 11.3 Å². The number of nitrogens with zero attached hydrogens (tertiary/aromatic N) is 2. The number of nitriles is 1. The molecule has 0 saturated heterocycles. The summed E-state index contributed by atoms with van der Waals surface area (Å²) in [5.74, 6) is 1.21. The first-order chi connectivity index (χ1) is 14.8. The summed E-state index contributed by atoms with van der Waals surface area (Å²) in [5, 5.41) is 10.3. The molecule has 6 heteroatoms.